The van der Waals surface area contributed by atoms with Crippen molar-refractivity contribution >= 4 is 23.1 Å². The van der Waals surface area contributed by atoms with E-state index in [0.717, 1.165) is 37.7 Å². The van der Waals surface area contributed by atoms with Crippen molar-refractivity contribution < 1.29 is 4.79 Å². The number of carbonyl (C=O) groups is 1. The van der Waals surface area contributed by atoms with Crippen LogP contribution in [-0.4, -0.2) is 16.4 Å². The van der Waals surface area contributed by atoms with E-state index in [2.05, 4.69) is 5.32 Å². The van der Waals surface area contributed by atoms with Gasteiger partial charge in [-0.05, 0) is 24.8 Å². The van der Waals surface area contributed by atoms with Crippen molar-refractivity contribution in [1.82, 2.24) is 5.32 Å². The molecule has 1 unspecified atom stereocenters. The summed E-state index contributed by atoms with van der Waals surface area (Å²) in [6.07, 6.45) is 5.82. The van der Waals surface area contributed by atoms with Crippen LogP contribution in [0.3, 0.4) is 0 Å². The fourth-order valence-electron chi connectivity index (χ4n) is 3.17. The first kappa shape index (κ1) is 16.0. The molecule has 3 nitrogen and oxygen atoms in total. The van der Waals surface area contributed by atoms with Gasteiger partial charge in [0.15, 0.2) is 0 Å². The average Bonchev–Trinajstić information content (AvgIpc) is 2.50. The third-order valence-electron chi connectivity index (χ3n) is 4.47. The van der Waals surface area contributed by atoms with Crippen molar-refractivity contribution in [3.63, 3.8) is 0 Å². The number of nitrogens with two attached hydrogens (primary N) is 1. The van der Waals surface area contributed by atoms with Crippen molar-refractivity contribution in [2.24, 2.45) is 5.73 Å². The van der Waals surface area contributed by atoms with Crippen LogP contribution in [0.4, 0.5) is 0 Å². The molecule has 4 heteroatoms. The Balaban J connectivity index is 2.16. The molecule has 1 atom stereocenters. The normalized spacial score (nSPS) is 18.7. The lowest BCUT2D eigenvalue weighted by Gasteiger charge is -2.38. The first-order valence-electron chi connectivity index (χ1n) is 7.76. The molecule has 3 N–H and O–H groups in total. The van der Waals surface area contributed by atoms with Gasteiger partial charge in [0.05, 0.1) is 16.4 Å². The standard InChI is InChI=1S/C17H24N2OS/c1-2-14(13-9-5-3-6-10-13)15(20)19-17(16(18)21)11-7-4-8-12-17/h3,5-6,9-10,14H,2,4,7-8,11-12H2,1H3,(H2,18,21)(H,19,20). The number of thiocarbonyl (C=S) groups is 1. The largest absolute Gasteiger partial charge is 0.391 e. The highest BCUT2D eigenvalue weighted by Crippen LogP contribution is 2.30. The maximum atomic E-state index is 12.7. The number of hydrogen-bond donors (Lipinski definition) is 2. The molecular formula is C17H24N2OS. The second-order valence-electron chi connectivity index (χ2n) is 5.87. The predicted octanol–water partition coefficient (Wildman–Crippen LogP) is 3.29. The first-order valence-corrected chi connectivity index (χ1v) is 8.17. The maximum absolute atomic E-state index is 12.7. The minimum absolute atomic E-state index is 0.0402. The Morgan fingerprint density at radius 3 is 2.43 bits per heavy atom. The summed E-state index contributed by atoms with van der Waals surface area (Å²) in [6, 6.07) is 9.90. The highest BCUT2D eigenvalue weighted by Gasteiger charge is 2.37. The lowest BCUT2D eigenvalue weighted by Crippen LogP contribution is -2.58. The Morgan fingerprint density at radius 1 is 1.29 bits per heavy atom. The van der Waals surface area contributed by atoms with E-state index in [1.54, 1.807) is 0 Å². The number of hydrogen-bond acceptors (Lipinski definition) is 2. The molecule has 0 aromatic heterocycles. The van der Waals surface area contributed by atoms with Crippen LogP contribution in [-0.2, 0) is 4.79 Å². The number of amides is 1. The third kappa shape index (κ3) is 3.62. The van der Waals surface area contributed by atoms with Gasteiger partial charge in [0.25, 0.3) is 0 Å². The monoisotopic (exact) mass is 304 g/mol. The predicted molar refractivity (Wildman–Crippen MR) is 90.2 cm³/mol. The van der Waals surface area contributed by atoms with Gasteiger partial charge < -0.3 is 11.1 Å². The molecule has 21 heavy (non-hydrogen) atoms. The second-order valence-corrected chi connectivity index (χ2v) is 6.31. The van der Waals surface area contributed by atoms with Gasteiger partial charge in [-0.3, -0.25) is 4.79 Å². The molecule has 0 spiro atoms. The molecule has 0 radical (unpaired) electrons. The Morgan fingerprint density at radius 2 is 1.90 bits per heavy atom. The zero-order valence-corrected chi connectivity index (χ0v) is 13.4. The minimum atomic E-state index is -0.479. The highest BCUT2D eigenvalue weighted by molar-refractivity contribution is 7.80. The van der Waals surface area contributed by atoms with E-state index in [1.807, 2.05) is 37.3 Å². The SMILES string of the molecule is CCC(C(=O)NC1(C(N)=S)CCCCC1)c1ccccc1. The van der Waals surface area contributed by atoms with E-state index in [0.29, 0.717) is 4.99 Å². The molecule has 1 aliphatic rings. The number of rotatable bonds is 5. The van der Waals surface area contributed by atoms with Crippen LogP contribution < -0.4 is 11.1 Å². The zero-order valence-electron chi connectivity index (χ0n) is 12.6. The second kappa shape index (κ2) is 7.03. The van der Waals surface area contributed by atoms with E-state index >= 15 is 0 Å². The van der Waals surface area contributed by atoms with Gasteiger partial charge in [0, 0.05) is 0 Å². The van der Waals surface area contributed by atoms with Gasteiger partial charge in [0.1, 0.15) is 0 Å². The quantitative estimate of drug-likeness (QED) is 0.821. The van der Waals surface area contributed by atoms with Crippen LogP contribution in [0.25, 0.3) is 0 Å². The van der Waals surface area contributed by atoms with E-state index in [1.165, 1.54) is 6.42 Å². The van der Waals surface area contributed by atoms with E-state index in [4.69, 9.17) is 18.0 Å². The van der Waals surface area contributed by atoms with Crippen LogP contribution >= 0.6 is 12.2 Å². The molecule has 114 valence electrons. The molecule has 1 amide bonds. The molecule has 2 rings (SSSR count). The first-order chi connectivity index (χ1) is 10.1. The molecule has 1 fully saturated rings. The van der Waals surface area contributed by atoms with Crippen molar-refractivity contribution in [3.8, 4) is 0 Å². The lowest BCUT2D eigenvalue weighted by molar-refractivity contribution is -0.124. The molecule has 0 aliphatic heterocycles. The topological polar surface area (TPSA) is 55.1 Å². The number of carbonyl (C=O) groups excluding carboxylic acids is 1. The molecule has 0 saturated heterocycles. The summed E-state index contributed by atoms with van der Waals surface area (Å²) in [4.78, 5) is 13.2. The molecule has 1 saturated carbocycles. The van der Waals surface area contributed by atoms with Crippen molar-refractivity contribution in [3.05, 3.63) is 35.9 Å². The number of nitrogens with one attached hydrogen (secondary N) is 1. The van der Waals surface area contributed by atoms with E-state index in [9.17, 15) is 4.79 Å². The Hall–Kier alpha value is -1.42. The van der Waals surface area contributed by atoms with Gasteiger partial charge in [-0.1, -0.05) is 68.7 Å². The third-order valence-corrected chi connectivity index (χ3v) is 4.86. The van der Waals surface area contributed by atoms with Gasteiger partial charge in [-0.2, -0.15) is 0 Å². The summed E-state index contributed by atoms with van der Waals surface area (Å²) < 4.78 is 0. The summed E-state index contributed by atoms with van der Waals surface area (Å²) >= 11 is 5.25. The summed E-state index contributed by atoms with van der Waals surface area (Å²) in [5.74, 6) is -0.0993. The van der Waals surface area contributed by atoms with E-state index < -0.39 is 5.54 Å². The van der Waals surface area contributed by atoms with E-state index in [-0.39, 0.29) is 11.8 Å². The van der Waals surface area contributed by atoms with Gasteiger partial charge in [-0.15, -0.1) is 0 Å². The van der Waals surface area contributed by atoms with Crippen LogP contribution in [0, 0.1) is 0 Å². The minimum Gasteiger partial charge on any atom is -0.391 e. The molecule has 0 heterocycles. The summed E-state index contributed by atoms with van der Waals surface area (Å²) in [7, 11) is 0. The smallest absolute Gasteiger partial charge is 0.228 e. The van der Waals surface area contributed by atoms with Crippen LogP contribution in [0.1, 0.15) is 56.9 Å². The molecular weight excluding hydrogens is 280 g/mol. The van der Waals surface area contributed by atoms with Crippen LogP contribution in [0.5, 0.6) is 0 Å². The fraction of sp³-hybridized carbons (Fsp3) is 0.529. The Labute approximate surface area is 132 Å². The number of benzene rings is 1. The van der Waals surface area contributed by atoms with Crippen molar-refractivity contribution in [1.29, 1.82) is 0 Å². The Kier molecular flexibility index (Phi) is 5.34. The van der Waals surface area contributed by atoms with Crippen LogP contribution in [0.2, 0.25) is 0 Å². The fourth-order valence-corrected chi connectivity index (χ4v) is 3.42. The molecule has 0 bridgehead atoms. The van der Waals surface area contributed by atoms with Crippen molar-refractivity contribution in [2.45, 2.75) is 56.9 Å². The molecule has 1 aromatic rings. The Bertz CT molecular complexity index is 495. The molecule has 1 aliphatic carbocycles. The van der Waals surface area contributed by atoms with Gasteiger partial charge in [-0.25, -0.2) is 0 Å². The maximum Gasteiger partial charge on any atom is 0.228 e. The highest BCUT2D eigenvalue weighted by atomic mass is 32.1. The average molecular weight is 304 g/mol. The zero-order chi connectivity index (χ0) is 15.3. The summed E-state index contributed by atoms with van der Waals surface area (Å²) in [5.41, 5.74) is 6.52. The summed E-state index contributed by atoms with van der Waals surface area (Å²) in [5, 5.41) is 3.18. The lowest BCUT2D eigenvalue weighted by atomic mass is 9.80. The van der Waals surface area contributed by atoms with Crippen LogP contribution in [0.15, 0.2) is 30.3 Å². The molecule has 1 aromatic carbocycles. The van der Waals surface area contributed by atoms with Gasteiger partial charge >= 0.3 is 0 Å². The van der Waals surface area contributed by atoms with Crippen molar-refractivity contribution in [2.75, 3.05) is 0 Å². The van der Waals surface area contributed by atoms with Gasteiger partial charge in [0.2, 0.25) is 5.91 Å². The summed E-state index contributed by atoms with van der Waals surface area (Å²) in [6.45, 7) is 2.03.